The molecule has 1 aliphatic carbocycles. The molecule has 0 N–H and O–H groups in total. The number of hydrogen-bond acceptors (Lipinski definition) is 13. The molecule has 13 rings (SSSR count). The van der Waals surface area contributed by atoms with E-state index in [1.807, 2.05) is 24.3 Å². The molecule has 17 heteroatoms. The highest BCUT2D eigenvalue weighted by molar-refractivity contribution is 7.97. The average molecular weight is 1440 g/mol. The second kappa shape index (κ2) is 36.7. The van der Waals surface area contributed by atoms with Gasteiger partial charge in [-0.2, -0.15) is 0 Å². The van der Waals surface area contributed by atoms with Gasteiger partial charge in [0.1, 0.15) is 43.0 Å². The molecule has 0 saturated heterocycles. The number of carbonyl (C=O) groups excluding carboxylic acids is 2. The normalized spacial score (nSPS) is 12.9. The molecule has 522 valence electrons. The first kappa shape index (κ1) is 74.8. The van der Waals surface area contributed by atoms with Crippen LogP contribution in [-0.4, -0.2) is 56.1 Å². The SMILES string of the molecule is CCC(C)c1ccc(OCC(=O)Oc2ccc(S(=O)(=O)[O-])c3cccnc23)cc1.CCC(C)c1ccc(OCC(=O)Oc2cccc3c(S(=O)(=O)[O-])cccc23)cc1.c1ccc([S+](c2ccccc2)c2ccc(C3CCCCC3)cc2)cc1.c1ccc([S+](c2ccccc2)c2ccccc2)cc1. The maximum Gasteiger partial charge on any atom is 0.349 e. The van der Waals surface area contributed by atoms with Crippen molar-refractivity contribution in [2.24, 2.45) is 0 Å². The second-order valence-corrected chi connectivity index (χ2v) is 31.1. The third-order valence-electron chi connectivity index (χ3n) is 17.4. The molecule has 1 heterocycles. The Morgan fingerprint density at radius 3 is 1.22 bits per heavy atom. The quantitative estimate of drug-likeness (QED) is 0.0285. The standard InChI is InChI=1S/C24H25S.C22H22O6S.C21H21NO6S.C18H15S/c1-4-10-20(11-5-1)21-16-18-24(19-17-21)25(22-12-6-2-7-13-22)23-14-8-3-9-15-23;1-3-15(2)16-10-12-17(13-11-16)27-14-22(23)28-20-8-4-7-19-18(20)6-5-9-21(19)29(24,25)26;1-3-14(2)15-6-8-16(9-7-15)27-13-20(23)28-18-10-11-19(29(24,25)26)17-5-4-12-22-21(17)18;1-4-10-16(11-5-1)19(17-12-6-2-7-13-17)18-14-8-3-9-15-18/h2-3,6-9,12-20H,1,4-5,10-11H2;4-13,15H,3,14H2,1-2H3,(H,24,25,26);4-12,14H,3,13H2,1-2H3,(H,24,25,26);1-15H/q+1;;;+1/p-2. The van der Waals surface area contributed by atoms with Crippen LogP contribution in [-0.2, 0) is 51.6 Å². The lowest BCUT2D eigenvalue weighted by molar-refractivity contribution is -0.137. The monoisotopic (exact) mass is 1440 g/mol. The Labute approximate surface area is 604 Å². The minimum atomic E-state index is -4.69. The van der Waals surface area contributed by atoms with Crippen molar-refractivity contribution in [3.8, 4) is 23.0 Å². The predicted octanol–water partition coefficient (Wildman–Crippen LogP) is 19.5. The smallest absolute Gasteiger partial charge is 0.349 e. The van der Waals surface area contributed by atoms with Crippen LogP contribution in [0.5, 0.6) is 23.0 Å². The number of nitrogens with zero attached hydrogens (tertiary/aromatic N) is 1. The number of aromatic nitrogens is 1. The molecule has 0 radical (unpaired) electrons. The Morgan fingerprint density at radius 1 is 0.412 bits per heavy atom. The summed E-state index contributed by atoms with van der Waals surface area (Å²) in [6.45, 7) is 7.86. The van der Waals surface area contributed by atoms with Crippen molar-refractivity contribution in [1.82, 2.24) is 4.98 Å². The number of benzene rings is 11. The van der Waals surface area contributed by atoms with Crippen molar-refractivity contribution in [2.75, 3.05) is 13.2 Å². The van der Waals surface area contributed by atoms with E-state index < -0.39 is 37.1 Å². The second-order valence-electron chi connectivity index (χ2n) is 24.3. The Bertz CT molecular complexity index is 4610. The number of pyridine rings is 1. The highest BCUT2D eigenvalue weighted by atomic mass is 32.2. The van der Waals surface area contributed by atoms with Crippen molar-refractivity contribution >= 4 is 75.6 Å². The summed E-state index contributed by atoms with van der Waals surface area (Å²) in [6.07, 6.45) is 10.4. The van der Waals surface area contributed by atoms with E-state index in [1.54, 1.807) is 30.3 Å². The van der Waals surface area contributed by atoms with E-state index in [0.717, 1.165) is 24.8 Å². The van der Waals surface area contributed by atoms with Gasteiger partial charge in [0.2, 0.25) is 0 Å². The number of ether oxygens (including phenoxy) is 4. The van der Waals surface area contributed by atoms with Crippen LogP contribution in [0.2, 0.25) is 0 Å². The highest BCUT2D eigenvalue weighted by Crippen LogP contribution is 2.38. The largest absolute Gasteiger partial charge is 0.744 e. The molecular formula is C85H81NO12S4. The van der Waals surface area contributed by atoms with E-state index in [4.69, 9.17) is 18.9 Å². The highest BCUT2D eigenvalue weighted by Gasteiger charge is 2.30. The number of hydrogen-bond donors (Lipinski definition) is 0. The van der Waals surface area contributed by atoms with Crippen molar-refractivity contribution in [3.63, 3.8) is 0 Å². The summed E-state index contributed by atoms with van der Waals surface area (Å²) in [7, 11) is -9.38. The summed E-state index contributed by atoms with van der Waals surface area (Å²) in [4.78, 5) is 35.9. The molecule has 1 saturated carbocycles. The van der Waals surface area contributed by atoms with Crippen LogP contribution < -0.4 is 18.9 Å². The number of fused-ring (bicyclic) bond motifs is 2. The Kier molecular flexibility index (Phi) is 26.9. The third kappa shape index (κ3) is 20.7. The van der Waals surface area contributed by atoms with Gasteiger partial charge in [-0.1, -0.05) is 199 Å². The maximum absolute atomic E-state index is 12.2. The number of rotatable bonds is 21. The van der Waals surface area contributed by atoms with E-state index >= 15 is 0 Å². The van der Waals surface area contributed by atoms with Crippen LogP contribution in [0.1, 0.15) is 107 Å². The van der Waals surface area contributed by atoms with Gasteiger partial charge in [0.15, 0.2) is 48.3 Å². The topological polar surface area (TPSA) is 198 Å². The number of carbonyl (C=O) groups is 2. The third-order valence-corrected chi connectivity index (χ3v) is 23.7. The lowest BCUT2D eigenvalue weighted by Gasteiger charge is -2.22. The van der Waals surface area contributed by atoms with Crippen molar-refractivity contribution in [3.05, 3.63) is 308 Å². The summed E-state index contributed by atoms with van der Waals surface area (Å²) in [5.74, 6) is 1.63. The van der Waals surface area contributed by atoms with E-state index in [2.05, 4.69) is 209 Å². The molecule has 1 fully saturated rings. The van der Waals surface area contributed by atoms with Crippen LogP contribution in [0.25, 0.3) is 21.7 Å². The van der Waals surface area contributed by atoms with Crippen LogP contribution in [0.15, 0.2) is 330 Å². The van der Waals surface area contributed by atoms with Gasteiger partial charge < -0.3 is 28.1 Å². The molecule has 2 unspecified atom stereocenters. The molecule has 1 aromatic heterocycles. The zero-order valence-electron chi connectivity index (χ0n) is 57.3. The molecule has 2 atom stereocenters. The van der Waals surface area contributed by atoms with Crippen molar-refractivity contribution < 1.29 is 54.5 Å². The fourth-order valence-electron chi connectivity index (χ4n) is 11.7. The molecule has 0 spiro atoms. The summed E-state index contributed by atoms with van der Waals surface area (Å²) in [6, 6.07) is 92.5. The van der Waals surface area contributed by atoms with Gasteiger partial charge in [0, 0.05) is 22.4 Å². The Morgan fingerprint density at radius 2 is 0.794 bits per heavy atom. The Balaban J connectivity index is 0.000000148. The summed E-state index contributed by atoms with van der Waals surface area (Å²) in [5, 5.41) is 0.652. The average Bonchev–Trinajstić information content (AvgIpc) is 0.783. The van der Waals surface area contributed by atoms with E-state index in [0.29, 0.717) is 28.7 Å². The van der Waals surface area contributed by atoms with Gasteiger partial charge in [0.05, 0.1) is 31.6 Å². The molecule has 11 aromatic carbocycles. The lowest BCUT2D eigenvalue weighted by Crippen LogP contribution is -2.18. The van der Waals surface area contributed by atoms with Crippen LogP contribution >= 0.6 is 0 Å². The van der Waals surface area contributed by atoms with Gasteiger partial charge in [-0.15, -0.1) is 0 Å². The fourth-order valence-corrected chi connectivity index (χ4v) is 17.3. The van der Waals surface area contributed by atoms with Crippen molar-refractivity contribution in [2.45, 2.75) is 130 Å². The van der Waals surface area contributed by atoms with E-state index in [-0.39, 0.29) is 67.7 Å². The van der Waals surface area contributed by atoms with Gasteiger partial charge in [0.25, 0.3) is 0 Å². The first-order valence-corrected chi connectivity index (χ1v) is 39.2. The van der Waals surface area contributed by atoms with Crippen LogP contribution in [0.3, 0.4) is 0 Å². The van der Waals surface area contributed by atoms with Gasteiger partial charge in [-0.05, 0) is 194 Å². The fraction of sp³-hybridized carbons (Fsp3) is 0.188. The van der Waals surface area contributed by atoms with Crippen LogP contribution in [0, 0.1) is 0 Å². The predicted molar refractivity (Wildman–Crippen MR) is 403 cm³/mol. The molecule has 0 bridgehead atoms. The minimum absolute atomic E-state index is 0.0146. The molecule has 0 amide bonds. The summed E-state index contributed by atoms with van der Waals surface area (Å²) < 4.78 is 90.1. The zero-order valence-corrected chi connectivity index (χ0v) is 60.6. The molecule has 102 heavy (non-hydrogen) atoms. The molecular weight excluding hydrogens is 1360 g/mol. The van der Waals surface area contributed by atoms with Crippen LogP contribution in [0.4, 0.5) is 0 Å². The zero-order chi connectivity index (χ0) is 71.9. The molecule has 0 aliphatic heterocycles. The van der Waals surface area contributed by atoms with Gasteiger partial charge in [-0.25, -0.2) is 26.4 Å². The van der Waals surface area contributed by atoms with Gasteiger partial charge in [-0.3, -0.25) is 4.98 Å². The first-order valence-electron chi connectivity index (χ1n) is 34.0. The molecule has 12 aromatic rings. The number of esters is 2. The summed E-state index contributed by atoms with van der Waals surface area (Å²) in [5.41, 5.74) is 4.03. The van der Waals surface area contributed by atoms with E-state index in [9.17, 15) is 35.5 Å². The Hall–Kier alpha value is -9.85. The molecule has 13 nitrogen and oxygen atoms in total. The summed E-state index contributed by atoms with van der Waals surface area (Å²) >= 11 is 0. The molecule has 1 aliphatic rings. The van der Waals surface area contributed by atoms with Gasteiger partial charge >= 0.3 is 11.9 Å². The lowest BCUT2D eigenvalue weighted by atomic mass is 9.84. The van der Waals surface area contributed by atoms with Crippen molar-refractivity contribution in [1.29, 1.82) is 0 Å². The maximum atomic E-state index is 12.2. The van der Waals surface area contributed by atoms with E-state index in [1.165, 1.54) is 133 Å². The first-order chi connectivity index (χ1) is 49.4. The minimum Gasteiger partial charge on any atom is -0.744 e.